The van der Waals surface area contributed by atoms with E-state index in [0.717, 1.165) is 31.2 Å². The van der Waals surface area contributed by atoms with E-state index in [9.17, 15) is 13.2 Å². The standard InChI is InChI=1S/C23H32N4O4S2/c1-3-18-4-5-19(14-21(18)33(29,30)27-10-12-31-13-11-27)22(28)25-23-24-20(16-32-23)15-26-8-6-17(2)7-9-26/h4-5,14,16-17H,3,6-13,15H2,1-2H3,(H,24,25,28). The zero-order valence-electron chi connectivity index (χ0n) is 19.2. The topological polar surface area (TPSA) is 91.8 Å². The summed E-state index contributed by atoms with van der Waals surface area (Å²) in [5.74, 6) is 0.423. The Balaban J connectivity index is 1.46. The maximum Gasteiger partial charge on any atom is 0.257 e. The lowest BCUT2D eigenvalue weighted by molar-refractivity contribution is 0.0730. The van der Waals surface area contributed by atoms with E-state index in [1.165, 1.54) is 34.6 Å². The number of aromatic nitrogens is 1. The highest BCUT2D eigenvalue weighted by Crippen LogP contribution is 2.25. The van der Waals surface area contributed by atoms with Crippen LogP contribution in [0.25, 0.3) is 0 Å². The smallest absolute Gasteiger partial charge is 0.257 e. The zero-order valence-corrected chi connectivity index (χ0v) is 20.9. The number of hydrogen-bond acceptors (Lipinski definition) is 7. The molecule has 2 fully saturated rings. The molecule has 8 nitrogen and oxygen atoms in total. The van der Waals surface area contributed by atoms with Crippen molar-refractivity contribution in [2.24, 2.45) is 5.92 Å². The number of amides is 1. The van der Waals surface area contributed by atoms with Gasteiger partial charge in [-0.25, -0.2) is 13.4 Å². The third-order valence-electron chi connectivity index (χ3n) is 6.33. The van der Waals surface area contributed by atoms with E-state index < -0.39 is 10.0 Å². The largest absolute Gasteiger partial charge is 0.379 e. The van der Waals surface area contributed by atoms with Gasteiger partial charge in [-0.2, -0.15) is 4.31 Å². The molecule has 0 spiro atoms. The summed E-state index contributed by atoms with van der Waals surface area (Å²) >= 11 is 1.39. The van der Waals surface area contributed by atoms with E-state index in [4.69, 9.17) is 4.74 Å². The summed E-state index contributed by atoms with van der Waals surface area (Å²) in [4.78, 5) is 20.1. The fraction of sp³-hybridized carbons (Fsp3) is 0.565. The Hall–Kier alpha value is -1.85. The predicted octanol–water partition coefficient (Wildman–Crippen LogP) is 3.21. The van der Waals surface area contributed by atoms with E-state index >= 15 is 0 Å². The quantitative estimate of drug-likeness (QED) is 0.638. The van der Waals surface area contributed by atoms with Crippen LogP contribution in [0.4, 0.5) is 5.13 Å². The van der Waals surface area contributed by atoms with Gasteiger partial charge in [-0.05, 0) is 56.0 Å². The zero-order chi connectivity index (χ0) is 23.4. The van der Waals surface area contributed by atoms with Gasteiger partial charge in [0.1, 0.15) is 0 Å². The molecule has 0 bridgehead atoms. The van der Waals surface area contributed by atoms with Crippen LogP contribution in [0, 0.1) is 5.92 Å². The first-order valence-corrected chi connectivity index (χ1v) is 13.9. The number of likely N-dealkylation sites (tertiary alicyclic amines) is 1. The Morgan fingerprint density at radius 3 is 2.64 bits per heavy atom. The van der Waals surface area contributed by atoms with Gasteiger partial charge in [0.2, 0.25) is 10.0 Å². The summed E-state index contributed by atoms with van der Waals surface area (Å²) in [7, 11) is -3.70. The highest BCUT2D eigenvalue weighted by atomic mass is 32.2. The van der Waals surface area contributed by atoms with Crippen LogP contribution in [-0.2, 0) is 27.7 Å². The molecule has 0 atom stereocenters. The Morgan fingerprint density at radius 2 is 1.94 bits per heavy atom. The minimum Gasteiger partial charge on any atom is -0.379 e. The fourth-order valence-electron chi connectivity index (χ4n) is 4.21. The number of sulfonamides is 1. The van der Waals surface area contributed by atoms with Crippen molar-refractivity contribution in [3.05, 3.63) is 40.4 Å². The second-order valence-electron chi connectivity index (χ2n) is 8.75. The summed E-state index contributed by atoms with van der Waals surface area (Å²) in [6.45, 7) is 8.53. The Kier molecular flexibility index (Phi) is 7.80. The summed E-state index contributed by atoms with van der Waals surface area (Å²) in [6.07, 6.45) is 2.97. The monoisotopic (exact) mass is 492 g/mol. The number of thiazole rings is 1. The number of hydrogen-bond donors (Lipinski definition) is 1. The van der Waals surface area contributed by atoms with Gasteiger partial charge in [0, 0.05) is 30.6 Å². The molecule has 0 saturated carbocycles. The normalized spacial score (nSPS) is 19.0. The molecule has 0 aliphatic carbocycles. The summed E-state index contributed by atoms with van der Waals surface area (Å²) in [5, 5.41) is 5.34. The average molecular weight is 493 g/mol. The Labute approximate surface area is 200 Å². The maximum absolute atomic E-state index is 13.2. The number of nitrogens with one attached hydrogen (secondary N) is 1. The molecule has 2 aliphatic heterocycles. The number of ether oxygens (including phenoxy) is 1. The van der Waals surface area contributed by atoms with Crippen molar-refractivity contribution < 1.29 is 17.9 Å². The summed E-state index contributed by atoms with van der Waals surface area (Å²) < 4.78 is 33.2. The second-order valence-corrected chi connectivity index (χ2v) is 11.5. The first-order valence-electron chi connectivity index (χ1n) is 11.6. The van der Waals surface area contributed by atoms with Gasteiger partial charge < -0.3 is 4.74 Å². The predicted molar refractivity (Wildman–Crippen MR) is 129 cm³/mol. The molecular formula is C23H32N4O4S2. The molecule has 33 heavy (non-hydrogen) atoms. The van der Waals surface area contributed by atoms with Crippen LogP contribution >= 0.6 is 11.3 Å². The molecule has 3 heterocycles. The average Bonchev–Trinajstić information content (AvgIpc) is 3.27. The molecule has 2 aromatic rings. The highest BCUT2D eigenvalue weighted by Gasteiger charge is 2.29. The number of carbonyl (C=O) groups excluding carboxylic acids is 1. The van der Waals surface area contributed by atoms with Crippen LogP contribution in [0.15, 0.2) is 28.5 Å². The number of piperidine rings is 1. The number of aryl methyl sites for hydroxylation is 1. The summed E-state index contributed by atoms with van der Waals surface area (Å²) in [6, 6.07) is 4.89. The van der Waals surface area contributed by atoms with Crippen molar-refractivity contribution in [3.63, 3.8) is 0 Å². The minimum absolute atomic E-state index is 0.193. The van der Waals surface area contributed by atoms with E-state index in [1.807, 2.05) is 12.3 Å². The van der Waals surface area contributed by atoms with Gasteiger partial charge in [0.05, 0.1) is 23.8 Å². The molecule has 0 unspecified atom stereocenters. The lowest BCUT2D eigenvalue weighted by Crippen LogP contribution is -2.41. The van der Waals surface area contributed by atoms with Gasteiger partial charge in [-0.15, -0.1) is 11.3 Å². The van der Waals surface area contributed by atoms with Crippen LogP contribution < -0.4 is 5.32 Å². The van der Waals surface area contributed by atoms with Crippen molar-refractivity contribution in [1.82, 2.24) is 14.2 Å². The van der Waals surface area contributed by atoms with Crippen LogP contribution in [0.2, 0.25) is 0 Å². The maximum atomic E-state index is 13.2. The molecule has 0 radical (unpaired) electrons. The van der Waals surface area contributed by atoms with Gasteiger partial charge >= 0.3 is 0 Å². The van der Waals surface area contributed by atoms with Crippen LogP contribution in [0.5, 0.6) is 0 Å². The number of benzene rings is 1. The van der Waals surface area contributed by atoms with Crippen molar-refractivity contribution in [2.45, 2.75) is 44.6 Å². The SMILES string of the molecule is CCc1ccc(C(=O)Nc2nc(CN3CCC(C)CC3)cs2)cc1S(=O)(=O)N1CCOCC1. The molecular weight excluding hydrogens is 460 g/mol. The number of nitrogens with zero attached hydrogens (tertiary/aromatic N) is 3. The number of morpholine rings is 1. The van der Waals surface area contributed by atoms with E-state index in [1.54, 1.807) is 12.1 Å². The lowest BCUT2D eigenvalue weighted by Gasteiger charge is -2.29. The number of anilines is 1. The molecule has 10 heteroatoms. The van der Waals surface area contributed by atoms with E-state index in [2.05, 4.69) is 22.1 Å². The summed E-state index contributed by atoms with van der Waals surface area (Å²) in [5.41, 5.74) is 1.95. The van der Waals surface area contributed by atoms with Crippen LogP contribution in [-0.4, -0.2) is 67.9 Å². The van der Waals surface area contributed by atoms with Gasteiger partial charge in [0.15, 0.2) is 5.13 Å². The first-order chi connectivity index (χ1) is 15.9. The molecule has 2 saturated heterocycles. The third-order valence-corrected chi connectivity index (χ3v) is 9.12. The minimum atomic E-state index is -3.70. The van der Waals surface area contributed by atoms with Gasteiger partial charge in [0.25, 0.3) is 5.91 Å². The van der Waals surface area contributed by atoms with Crippen LogP contribution in [0.1, 0.15) is 48.3 Å². The van der Waals surface area contributed by atoms with Gasteiger partial charge in [-0.3, -0.25) is 15.0 Å². The number of rotatable bonds is 7. The first kappa shape index (κ1) is 24.3. The molecule has 2 aliphatic rings. The molecule has 4 rings (SSSR count). The van der Waals surface area contributed by atoms with Crippen LogP contribution in [0.3, 0.4) is 0 Å². The van der Waals surface area contributed by atoms with Gasteiger partial charge in [-0.1, -0.05) is 19.9 Å². The molecule has 180 valence electrons. The highest BCUT2D eigenvalue weighted by molar-refractivity contribution is 7.89. The van der Waals surface area contributed by atoms with E-state index in [0.29, 0.717) is 49.0 Å². The van der Waals surface area contributed by atoms with Crippen molar-refractivity contribution in [1.29, 1.82) is 0 Å². The molecule has 1 amide bonds. The Bertz CT molecular complexity index is 1070. The third kappa shape index (κ3) is 5.81. The van der Waals surface area contributed by atoms with Crippen molar-refractivity contribution in [3.8, 4) is 0 Å². The molecule has 1 aromatic heterocycles. The fourth-order valence-corrected chi connectivity index (χ4v) is 6.63. The lowest BCUT2D eigenvalue weighted by atomic mass is 9.99. The second kappa shape index (κ2) is 10.6. The van der Waals surface area contributed by atoms with Crippen molar-refractivity contribution in [2.75, 3.05) is 44.7 Å². The van der Waals surface area contributed by atoms with Crippen molar-refractivity contribution >= 4 is 32.4 Å². The number of carbonyl (C=O) groups is 1. The van der Waals surface area contributed by atoms with E-state index in [-0.39, 0.29) is 10.8 Å². The molecule has 1 N–H and O–H groups in total. The Morgan fingerprint density at radius 1 is 1.21 bits per heavy atom. The molecule has 1 aromatic carbocycles.